The SMILES string of the molecule is O=C(COC(=O)[C@@H]1[C@H]2C[C@H]3[C@H](OC(=O)[C@@H]31)[C@H]2Br)c1ccc(Cl)cc1Cl. The van der Waals surface area contributed by atoms with E-state index in [-0.39, 0.29) is 39.3 Å². The Morgan fingerprint density at radius 3 is 2.76 bits per heavy atom. The van der Waals surface area contributed by atoms with Crippen LogP contribution in [0.4, 0.5) is 0 Å². The van der Waals surface area contributed by atoms with Crippen LogP contribution in [0.15, 0.2) is 18.2 Å². The summed E-state index contributed by atoms with van der Waals surface area (Å²) in [5, 5.41) is 0.620. The van der Waals surface area contributed by atoms with Crippen molar-refractivity contribution >= 4 is 56.9 Å². The van der Waals surface area contributed by atoms with Crippen molar-refractivity contribution in [2.24, 2.45) is 23.7 Å². The average Bonchev–Trinajstić information content (AvgIpc) is 3.16. The Morgan fingerprint density at radius 2 is 2.04 bits per heavy atom. The van der Waals surface area contributed by atoms with Crippen LogP contribution < -0.4 is 0 Å². The van der Waals surface area contributed by atoms with Crippen LogP contribution in [0.1, 0.15) is 16.8 Å². The van der Waals surface area contributed by atoms with E-state index in [0.29, 0.717) is 5.02 Å². The topological polar surface area (TPSA) is 69.7 Å². The molecule has 0 amide bonds. The summed E-state index contributed by atoms with van der Waals surface area (Å²) < 4.78 is 10.6. The van der Waals surface area contributed by atoms with Gasteiger partial charge in [0.2, 0.25) is 5.78 Å². The maximum atomic E-state index is 12.5. The summed E-state index contributed by atoms with van der Waals surface area (Å²) in [5.41, 5.74) is 0.241. The maximum Gasteiger partial charge on any atom is 0.310 e. The zero-order valence-corrected chi connectivity index (χ0v) is 15.9. The number of rotatable bonds is 4. The van der Waals surface area contributed by atoms with Gasteiger partial charge in [-0.1, -0.05) is 39.1 Å². The number of esters is 2. The van der Waals surface area contributed by atoms with Gasteiger partial charge < -0.3 is 9.47 Å². The highest BCUT2D eigenvalue weighted by atomic mass is 79.9. The molecule has 6 atom stereocenters. The molecule has 132 valence electrons. The Kier molecular flexibility index (Phi) is 4.33. The third kappa shape index (κ3) is 2.69. The number of hydrogen-bond acceptors (Lipinski definition) is 5. The van der Waals surface area contributed by atoms with Crippen LogP contribution in [-0.4, -0.2) is 35.3 Å². The number of Topliss-reactive ketones (excluding diaryl/α,β-unsaturated/α-hetero) is 1. The van der Waals surface area contributed by atoms with E-state index < -0.39 is 30.2 Å². The number of benzene rings is 1. The van der Waals surface area contributed by atoms with E-state index in [2.05, 4.69) is 15.9 Å². The van der Waals surface area contributed by atoms with E-state index in [0.717, 1.165) is 6.42 Å². The molecule has 3 aliphatic rings. The molecule has 4 rings (SSSR count). The molecule has 1 saturated heterocycles. The highest BCUT2D eigenvalue weighted by molar-refractivity contribution is 9.09. The van der Waals surface area contributed by atoms with Crippen molar-refractivity contribution in [3.8, 4) is 0 Å². The highest BCUT2D eigenvalue weighted by Crippen LogP contribution is 2.60. The summed E-state index contributed by atoms with van der Waals surface area (Å²) in [5.74, 6) is -2.25. The van der Waals surface area contributed by atoms with Crippen LogP contribution in [0.2, 0.25) is 10.0 Å². The Bertz CT molecular complexity index is 782. The molecule has 2 saturated carbocycles. The summed E-state index contributed by atoms with van der Waals surface area (Å²) in [7, 11) is 0. The third-order valence-corrected chi connectivity index (χ3v) is 7.12. The molecule has 0 radical (unpaired) electrons. The first kappa shape index (κ1) is 17.3. The zero-order valence-electron chi connectivity index (χ0n) is 12.8. The van der Waals surface area contributed by atoms with Gasteiger partial charge in [-0.3, -0.25) is 14.4 Å². The van der Waals surface area contributed by atoms with Gasteiger partial charge in [-0.05, 0) is 30.5 Å². The standard InChI is InChI=1S/C17H13BrCl2O5/c18-14-8-4-9-13(17(23)25-15(9)14)12(8)16(22)24-5-11(21)7-2-1-6(19)3-10(7)20/h1-3,8-9,12-15H,4-5H2/t8-,9-,12-,13+,14+,15+/m1/s1. The predicted octanol–water partition coefficient (Wildman–Crippen LogP) is 3.29. The molecule has 1 aromatic rings. The van der Waals surface area contributed by atoms with Gasteiger partial charge in [-0.15, -0.1) is 0 Å². The minimum atomic E-state index is -0.561. The fraction of sp³-hybridized carbons (Fsp3) is 0.471. The molecule has 5 nitrogen and oxygen atoms in total. The van der Waals surface area contributed by atoms with Crippen LogP contribution in [0, 0.1) is 23.7 Å². The minimum absolute atomic E-state index is 0.00632. The molecular formula is C17H13BrCl2O5. The number of fused-ring (bicyclic) bond motifs is 1. The molecule has 1 heterocycles. The van der Waals surface area contributed by atoms with Gasteiger partial charge in [0.1, 0.15) is 6.10 Å². The van der Waals surface area contributed by atoms with Crippen molar-refractivity contribution < 1.29 is 23.9 Å². The fourth-order valence-corrected chi connectivity index (χ4v) is 5.88. The number of carbonyl (C=O) groups excluding carboxylic acids is 3. The molecule has 0 unspecified atom stereocenters. The molecule has 1 aliphatic heterocycles. The van der Waals surface area contributed by atoms with Gasteiger partial charge in [0.05, 0.1) is 21.7 Å². The second-order valence-corrected chi connectivity index (χ2v) is 8.52. The van der Waals surface area contributed by atoms with Gasteiger partial charge in [0.25, 0.3) is 0 Å². The third-order valence-electron chi connectivity index (χ3n) is 5.37. The van der Waals surface area contributed by atoms with E-state index in [1.54, 1.807) is 6.07 Å². The Labute approximate surface area is 162 Å². The van der Waals surface area contributed by atoms with Crippen molar-refractivity contribution in [1.82, 2.24) is 0 Å². The van der Waals surface area contributed by atoms with Gasteiger partial charge in [0, 0.05) is 16.5 Å². The van der Waals surface area contributed by atoms with Gasteiger partial charge in [-0.2, -0.15) is 0 Å². The zero-order chi connectivity index (χ0) is 17.9. The maximum absolute atomic E-state index is 12.5. The second kappa shape index (κ2) is 6.25. The predicted molar refractivity (Wildman–Crippen MR) is 92.9 cm³/mol. The van der Waals surface area contributed by atoms with Crippen molar-refractivity contribution in [1.29, 1.82) is 0 Å². The van der Waals surface area contributed by atoms with Crippen LogP contribution in [0.5, 0.6) is 0 Å². The number of ether oxygens (including phenoxy) is 2. The quantitative estimate of drug-likeness (QED) is 0.402. The summed E-state index contributed by atoms with van der Waals surface area (Å²) in [4.78, 5) is 36.8. The number of hydrogen-bond donors (Lipinski definition) is 0. The van der Waals surface area contributed by atoms with E-state index in [4.69, 9.17) is 32.7 Å². The number of halogens is 3. The van der Waals surface area contributed by atoms with Crippen molar-refractivity contribution in [3.63, 3.8) is 0 Å². The average molecular weight is 448 g/mol. The normalized spacial score (nSPS) is 34.9. The van der Waals surface area contributed by atoms with Gasteiger partial charge >= 0.3 is 11.9 Å². The lowest BCUT2D eigenvalue weighted by atomic mass is 9.80. The molecule has 8 heteroatoms. The Morgan fingerprint density at radius 1 is 1.28 bits per heavy atom. The minimum Gasteiger partial charge on any atom is -0.461 e. The van der Waals surface area contributed by atoms with Crippen molar-refractivity contribution in [2.75, 3.05) is 6.61 Å². The summed E-state index contributed by atoms with van der Waals surface area (Å²) in [6, 6.07) is 4.49. The van der Waals surface area contributed by atoms with Crippen molar-refractivity contribution in [3.05, 3.63) is 33.8 Å². The van der Waals surface area contributed by atoms with Crippen LogP contribution in [0.3, 0.4) is 0 Å². The van der Waals surface area contributed by atoms with Crippen molar-refractivity contribution in [2.45, 2.75) is 17.4 Å². The van der Waals surface area contributed by atoms with E-state index in [1.165, 1.54) is 12.1 Å². The molecule has 0 spiro atoms. The highest BCUT2D eigenvalue weighted by Gasteiger charge is 2.68. The Balaban J connectivity index is 1.44. The largest absolute Gasteiger partial charge is 0.461 e. The molecule has 3 fully saturated rings. The number of carbonyl (C=O) groups is 3. The lowest BCUT2D eigenvalue weighted by Crippen LogP contribution is -2.39. The summed E-state index contributed by atoms with van der Waals surface area (Å²) in [6.45, 7) is -0.424. The monoisotopic (exact) mass is 446 g/mol. The molecule has 0 N–H and O–H groups in total. The fourth-order valence-electron chi connectivity index (χ4n) is 4.32. The Hall–Kier alpha value is -1.11. The number of ketones is 1. The van der Waals surface area contributed by atoms with E-state index in [9.17, 15) is 14.4 Å². The smallest absolute Gasteiger partial charge is 0.310 e. The molecule has 2 aliphatic carbocycles. The van der Waals surface area contributed by atoms with Crippen LogP contribution in [-0.2, 0) is 19.1 Å². The van der Waals surface area contributed by atoms with Crippen LogP contribution >= 0.6 is 39.1 Å². The molecular weight excluding hydrogens is 435 g/mol. The molecule has 25 heavy (non-hydrogen) atoms. The lowest BCUT2D eigenvalue weighted by Gasteiger charge is -2.26. The molecule has 1 aromatic carbocycles. The van der Waals surface area contributed by atoms with E-state index >= 15 is 0 Å². The van der Waals surface area contributed by atoms with E-state index in [1.807, 2.05) is 0 Å². The first-order valence-corrected chi connectivity index (χ1v) is 9.55. The first-order chi connectivity index (χ1) is 11.9. The first-order valence-electron chi connectivity index (χ1n) is 7.88. The lowest BCUT2D eigenvalue weighted by molar-refractivity contribution is -0.154. The number of alkyl halides is 1. The molecule has 2 bridgehead atoms. The second-order valence-electron chi connectivity index (χ2n) is 6.62. The molecule has 0 aromatic heterocycles. The van der Waals surface area contributed by atoms with Gasteiger partial charge in [-0.25, -0.2) is 0 Å². The van der Waals surface area contributed by atoms with Gasteiger partial charge in [0.15, 0.2) is 6.61 Å². The van der Waals surface area contributed by atoms with Crippen LogP contribution in [0.25, 0.3) is 0 Å². The summed E-state index contributed by atoms with van der Waals surface area (Å²) >= 11 is 15.3. The summed E-state index contributed by atoms with van der Waals surface area (Å²) in [6.07, 6.45) is 0.606.